The number of hydrogen-bond acceptors (Lipinski definition) is 4. The first-order valence-electron chi connectivity index (χ1n) is 4.75. The van der Waals surface area contributed by atoms with Crippen molar-refractivity contribution in [2.24, 2.45) is 5.92 Å². The molecule has 0 aliphatic heterocycles. The monoisotopic (exact) mass is 197 g/mol. The molecule has 0 saturated heterocycles. The fourth-order valence-electron chi connectivity index (χ4n) is 1.05. The van der Waals surface area contributed by atoms with Crippen LogP contribution in [-0.4, -0.2) is 17.6 Å². The molecule has 0 bridgehead atoms. The van der Waals surface area contributed by atoms with Crippen molar-refractivity contribution in [3.63, 3.8) is 0 Å². The van der Waals surface area contributed by atoms with Gasteiger partial charge in [-0.3, -0.25) is 0 Å². The number of nitrogens with zero attached hydrogens (tertiary/aromatic N) is 1. The maximum Gasteiger partial charge on any atom is 0.375 e. The van der Waals surface area contributed by atoms with Crippen LogP contribution < -0.4 is 0 Å². The van der Waals surface area contributed by atoms with Gasteiger partial charge >= 0.3 is 5.97 Å². The van der Waals surface area contributed by atoms with Crippen LogP contribution in [0.1, 0.15) is 37.2 Å². The number of ether oxygens (including phenoxy) is 1. The summed E-state index contributed by atoms with van der Waals surface area (Å²) in [4.78, 5) is 15.2. The SMILES string of the molecule is CCOC(=O)c1cnc(CC(C)C)o1. The van der Waals surface area contributed by atoms with Gasteiger partial charge in [0.05, 0.1) is 12.8 Å². The normalized spacial score (nSPS) is 10.6. The van der Waals surface area contributed by atoms with E-state index in [2.05, 4.69) is 18.8 Å². The zero-order valence-electron chi connectivity index (χ0n) is 8.74. The Morgan fingerprint density at radius 1 is 1.64 bits per heavy atom. The second-order valence-electron chi connectivity index (χ2n) is 3.44. The number of aromatic nitrogens is 1. The van der Waals surface area contributed by atoms with Crippen LogP contribution in [0.15, 0.2) is 10.6 Å². The molecule has 0 fully saturated rings. The maximum absolute atomic E-state index is 11.2. The van der Waals surface area contributed by atoms with Gasteiger partial charge in [-0.15, -0.1) is 0 Å². The molecule has 14 heavy (non-hydrogen) atoms. The molecule has 1 rings (SSSR count). The summed E-state index contributed by atoms with van der Waals surface area (Å²) in [5, 5.41) is 0. The van der Waals surface area contributed by atoms with Crippen molar-refractivity contribution < 1.29 is 13.9 Å². The van der Waals surface area contributed by atoms with Gasteiger partial charge in [0, 0.05) is 6.42 Å². The lowest BCUT2D eigenvalue weighted by atomic mass is 10.1. The smallest absolute Gasteiger partial charge is 0.375 e. The van der Waals surface area contributed by atoms with Gasteiger partial charge in [0.1, 0.15) is 0 Å². The lowest BCUT2D eigenvalue weighted by Gasteiger charge is -1.98. The number of oxazole rings is 1. The van der Waals surface area contributed by atoms with Crippen molar-refractivity contribution in [1.29, 1.82) is 0 Å². The second-order valence-corrected chi connectivity index (χ2v) is 3.44. The predicted octanol–water partition coefficient (Wildman–Crippen LogP) is 2.05. The Kier molecular flexibility index (Phi) is 3.68. The van der Waals surface area contributed by atoms with Crippen LogP contribution in [0.25, 0.3) is 0 Å². The fraction of sp³-hybridized carbons (Fsp3) is 0.600. The summed E-state index contributed by atoms with van der Waals surface area (Å²) in [6.45, 7) is 6.23. The summed E-state index contributed by atoms with van der Waals surface area (Å²) in [7, 11) is 0. The molecule has 0 N–H and O–H groups in total. The number of esters is 1. The van der Waals surface area contributed by atoms with Crippen LogP contribution in [0.5, 0.6) is 0 Å². The average Bonchev–Trinajstić information content (AvgIpc) is 2.52. The van der Waals surface area contributed by atoms with Gasteiger partial charge in [0.15, 0.2) is 5.89 Å². The molecule has 0 amide bonds. The van der Waals surface area contributed by atoms with Crippen LogP contribution in [-0.2, 0) is 11.2 Å². The highest BCUT2D eigenvalue weighted by Crippen LogP contribution is 2.09. The minimum Gasteiger partial charge on any atom is -0.460 e. The maximum atomic E-state index is 11.2. The highest BCUT2D eigenvalue weighted by Gasteiger charge is 2.13. The molecule has 1 aromatic heterocycles. The van der Waals surface area contributed by atoms with E-state index in [1.54, 1.807) is 6.92 Å². The van der Waals surface area contributed by atoms with Crippen LogP contribution >= 0.6 is 0 Å². The van der Waals surface area contributed by atoms with Crippen molar-refractivity contribution in [1.82, 2.24) is 4.98 Å². The quantitative estimate of drug-likeness (QED) is 0.693. The van der Waals surface area contributed by atoms with Crippen molar-refractivity contribution in [2.45, 2.75) is 27.2 Å². The number of rotatable bonds is 4. The van der Waals surface area contributed by atoms with Gasteiger partial charge in [-0.25, -0.2) is 9.78 Å². The lowest BCUT2D eigenvalue weighted by Crippen LogP contribution is -2.02. The Balaban J connectivity index is 2.63. The standard InChI is InChI=1S/C10H15NO3/c1-4-13-10(12)8-6-11-9(14-8)5-7(2)3/h6-7H,4-5H2,1-3H3. The topological polar surface area (TPSA) is 52.3 Å². The Hall–Kier alpha value is -1.32. The van der Waals surface area contributed by atoms with E-state index in [0.29, 0.717) is 18.4 Å². The molecule has 1 aromatic rings. The van der Waals surface area contributed by atoms with Crippen LogP contribution in [0.3, 0.4) is 0 Å². The zero-order chi connectivity index (χ0) is 10.6. The summed E-state index contributed by atoms with van der Waals surface area (Å²) in [6.07, 6.45) is 2.15. The van der Waals surface area contributed by atoms with Crippen molar-refractivity contribution >= 4 is 5.97 Å². The average molecular weight is 197 g/mol. The third kappa shape index (κ3) is 2.87. The number of hydrogen-bond donors (Lipinski definition) is 0. The largest absolute Gasteiger partial charge is 0.460 e. The fourth-order valence-corrected chi connectivity index (χ4v) is 1.05. The number of carbonyl (C=O) groups is 1. The van der Waals surface area contributed by atoms with E-state index < -0.39 is 5.97 Å². The molecule has 0 radical (unpaired) electrons. The highest BCUT2D eigenvalue weighted by molar-refractivity contribution is 5.85. The van der Waals surface area contributed by atoms with Crippen molar-refractivity contribution in [3.05, 3.63) is 17.8 Å². The third-order valence-corrected chi connectivity index (χ3v) is 1.61. The Labute approximate surface area is 83.3 Å². The van der Waals surface area contributed by atoms with Gasteiger partial charge in [0.25, 0.3) is 0 Å². The first-order valence-corrected chi connectivity index (χ1v) is 4.75. The summed E-state index contributed by atoms with van der Waals surface area (Å²) in [6, 6.07) is 0. The minimum absolute atomic E-state index is 0.183. The Bertz CT molecular complexity index is 304. The van der Waals surface area contributed by atoms with Gasteiger partial charge in [-0.1, -0.05) is 13.8 Å². The van der Waals surface area contributed by atoms with E-state index in [0.717, 1.165) is 6.42 Å². The molecule has 1 heterocycles. The first-order chi connectivity index (χ1) is 6.63. The van der Waals surface area contributed by atoms with Crippen LogP contribution in [0, 0.1) is 5.92 Å². The van der Waals surface area contributed by atoms with E-state index in [1.165, 1.54) is 6.20 Å². The van der Waals surface area contributed by atoms with Crippen LogP contribution in [0.4, 0.5) is 0 Å². The highest BCUT2D eigenvalue weighted by atomic mass is 16.5. The lowest BCUT2D eigenvalue weighted by molar-refractivity contribution is 0.0487. The Morgan fingerprint density at radius 3 is 2.93 bits per heavy atom. The molecular formula is C10H15NO3. The van der Waals surface area contributed by atoms with E-state index in [1.807, 2.05) is 0 Å². The Morgan fingerprint density at radius 2 is 2.36 bits per heavy atom. The summed E-state index contributed by atoms with van der Waals surface area (Å²) >= 11 is 0. The summed E-state index contributed by atoms with van der Waals surface area (Å²) in [5.74, 6) is 0.782. The second kappa shape index (κ2) is 4.79. The molecule has 0 saturated carbocycles. The molecule has 0 aliphatic carbocycles. The van der Waals surface area contributed by atoms with Crippen molar-refractivity contribution in [2.75, 3.05) is 6.61 Å². The van der Waals surface area contributed by atoms with Gasteiger partial charge < -0.3 is 9.15 Å². The minimum atomic E-state index is -0.449. The molecule has 0 unspecified atom stereocenters. The molecule has 78 valence electrons. The van der Waals surface area contributed by atoms with Gasteiger partial charge in [0.2, 0.25) is 5.76 Å². The van der Waals surface area contributed by atoms with Crippen LogP contribution in [0.2, 0.25) is 0 Å². The summed E-state index contributed by atoms with van der Waals surface area (Å²) < 4.78 is 10.00. The zero-order valence-corrected chi connectivity index (χ0v) is 8.74. The molecule has 4 nitrogen and oxygen atoms in total. The molecular weight excluding hydrogens is 182 g/mol. The third-order valence-electron chi connectivity index (χ3n) is 1.61. The van der Waals surface area contributed by atoms with E-state index in [9.17, 15) is 4.79 Å². The predicted molar refractivity (Wildman–Crippen MR) is 51.0 cm³/mol. The number of carbonyl (C=O) groups excluding carboxylic acids is 1. The van der Waals surface area contributed by atoms with E-state index in [-0.39, 0.29) is 5.76 Å². The first kappa shape index (κ1) is 10.8. The van der Waals surface area contributed by atoms with Gasteiger partial charge in [-0.05, 0) is 12.8 Å². The molecule has 0 aliphatic rings. The summed E-state index contributed by atoms with van der Waals surface area (Å²) in [5.41, 5.74) is 0. The van der Waals surface area contributed by atoms with E-state index >= 15 is 0 Å². The molecule has 0 aromatic carbocycles. The molecule has 0 spiro atoms. The molecule has 0 atom stereocenters. The van der Waals surface area contributed by atoms with Crippen molar-refractivity contribution in [3.8, 4) is 0 Å². The van der Waals surface area contributed by atoms with E-state index in [4.69, 9.17) is 9.15 Å². The van der Waals surface area contributed by atoms with Gasteiger partial charge in [-0.2, -0.15) is 0 Å². The molecule has 4 heteroatoms.